The third kappa shape index (κ3) is 5.31. The topological polar surface area (TPSA) is 77.5 Å². The molecule has 0 fully saturated rings. The quantitative estimate of drug-likeness (QED) is 0.185. The number of benzene rings is 3. The average molecular weight is 478 g/mol. The molecule has 3 aromatic carbocycles. The second kappa shape index (κ2) is 10.4. The van der Waals surface area contributed by atoms with Crippen LogP contribution in [0.15, 0.2) is 103 Å². The largest absolute Gasteiger partial charge is 0.366 e. The van der Waals surface area contributed by atoms with Gasteiger partial charge < -0.3 is 5.32 Å². The maximum Gasteiger partial charge on any atom is 0.125 e. The summed E-state index contributed by atoms with van der Waals surface area (Å²) >= 11 is 6.11. The van der Waals surface area contributed by atoms with Gasteiger partial charge in [0, 0.05) is 52.8 Å². The minimum absolute atomic E-state index is 0.400. The Balaban J connectivity index is 1.42. The molecule has 0 atom stereocenters. The van der Waals surface area contributed by atoms with Crippen LogP contribution in [-0.2, 0) is 13.0 Å². The minimum Gasteiger partial charge on any atom is -0.366 e. The Kier molecular flexibility index (Phi) is 6.68. The van der Waals surface area contributed by atoms with E-state index in [0.29, 0.717) is 23.8 Å². The van der Waals surface area contributed by atoms with Gasteiger partial charge in [-0.1, -0.05) is 72.3 Å². The fourth-order valence-electron chi connectivity index (χ4n) is 4.08. The second-order valence-corrected chi connectivity index (χ2v) is 8.70. The fraction of sp³-hybridized carbons (Fsp3) is 0.0690. The summed E-state index contributed by atoms with van der Waals surface area (Å²) in [6.45, 7) is 0.612. The first-order valence-corrected chi connectivity index (χ1v) is 11.7. The number of nitrogens with zero attached hydrogens (tertiary/aromatic N) is 2. The van der Waals surface area contributed by atoms with Gasteiger partial charge in [-0.05, 0) is 47.0 Å². The van der Waals surface area contributed by atoms with Crippen molar-refractivity contribution in [1.29, 1.82) is 5.41 Å². The van der Waals surface area contributed by atoms with E-state index in [4.69, 9.17) is 17.0 Å². The molecule has 0 radical (unpaired) electrons. The summed E-state index contributed by atoms with van der Waals surface area (Å²) in [5, 5.41) is 20.3. The van der Waals surface area contributed by atoms with E-state index in [0.717, 1.165) is 44.8 Å². The molecule has 0 saturated carbocycles. The molecule has 5 nitrogen and oxygen atoms in total. The molecule has 0 amide bonds. The summed E-state index contributed by atoms with van der Waals surface area (Å²) in [6.07, 6.45) is 4.23. The van der Waals surface area contributed by atoms with Gasteiger partial charge in [0.15, 0.2) is 0 Å². The second-order valence-electron chi connectivity index (χ2n) is 8.26. The smallest absolute Gasteiger partial charge is 0.125 e. The van der Waals surface area contributed by atoms with Crippen LogP contribution in [0, 0.1) is 5.41 Å². The van der Waals surface area contributed by atoms with E-state index in [-0.39, 0.29) is 0 Å². The van der Waals surface area contributed by atoms with Crippen LogP contribution in [0.2, 0.25) is 5.02 Å². The van der Waals surface area contributed by atoms with Gasteiger partial charge in [0.1, 0.15) is 11.5 Å². The zero-order valence-corrected chi connectivity index (χ0v) is 19.8. The highest BCUT2D eigenvalue weighted by molar-refractivity contribution is 6.30. The van der Waals surface area contributed by atoms with Crippen LogP contribution in [0.1, 0.15) is 22.4 Å². The van der Waals surface area contributed by atoms with Crippen molar-refractivity contribution in [2.24, 2.45) is 0 Å². The normalized spacial score (nSPS) is 10.8. The highest BCUT2D eigenvalue weighted by Crippen LogP contribution is 2.34. The third-order valence-electron chi connectivity index (χ3n) is 5.84. The molecule has 0 aliphatic carbocycles. The van der Waals surface area contributed by atoms with Gasteiger partial charge in [-0.2, -0.15) is 5.10 Å². The number of amidine groups is 1. The first-order valence-electron chi connectivity index (χ1n) is 11.4. The van der Waals surface area contributed by atoms with Crippen molar-refractivity contribution in [3.63, 3.8) is 0 Å². The number of hydrogen-bond acceptors (Lipinski definition) is 3. The Hall–Kier alpha value is -4.22. The van der Waals surface area contributed by atoms with Crippen LogP contribution >= 0.6 is 11.6 Å². The lowest BCUT2D eigenvalue weighted by Crippen LogP contribution is -2.22. The molecule has 2 aromatic heterocycles. The lowest BCUT2D eigenvalue weighted by atomic mass is 9.96. The zero-order valence-electron chi connectivity index (χ0n) is 19.0. The number of halogens is 1. The number of pyridine rings is 1. The van der Waals surface area contributed by atoms with E-state index in [1.807, 2.05) is 78.9 Å². The summed E-state index contributed by atoms with van der Waals surface area (Å²) in [6, 6.07) is 29.9. The van der Waals surface area contributed by atoms with Crippen molar-refractivity contribution in [2.75, 3.05) is 0 Å². The molecular formula is C29H24ClN5. The molecule has 6 heteroatoms. The summed E-state index contributed by atoms with van der Waals surface area (Å²) in [7, 11) is 0. The third-order valence-corrected chi connectivity index (χ3v) is 6.09. The number of hydrogen-bond donors (Lipinski definition) is 3. The summed E-state index contributed by atoms with van der Waals surface area (Å²) in [5.41, 5.74) is 8.03. The van der Waals surface area contributed by atoms with Gasteiger partial charge in [0.25, 0.3) is 0 Å². The SMILES string of the molecule is N=C(NCc1ccccc1)c1cccc(Cc2[nH]nc(-c3ccc(Cl)cc3)c2-c2ccncc2)c1. The fourth-order valence-corrected chi connectivity index (χ4v) is 4.21. The first kappa shape index (κ1) is 22.6. The molecule has 2 heterocycles. The molecule has 5 aromatic rings. The molecule has 172 valence electrons. The Morgan fingerprint density at radius 2 is 1.57 bits per heavy atom. The summed E-state index contributed by atoms with van der Waals surface area (Å²) in [5.74, 6) is 0.400. The van der Waals surface area contributed by atoms with E-state index in [9.17, 15) is 0 Å². The maximum absolute atomic E-state index is 8.52. The number of nitrogens with one attached hydrogen (secondary N) is 3. The van der Waals surface area contributed by atoms with Gasteiger partial charge in [-0.25, -0.2) is 0 Å². The molecule has 3 N–H and O–H groups in total. The van der Waals surface area contributed by atoms with Gasteiger partial charge in [-0.15, -0.1) is 0 Å². The monoisotopic (exact) mass is 477 g/mol. The van der Waals surface area contributed by atoms with Crippen molar-refractivity contribution in [1.82, 2.24) is 20.5 Å². The summed E-state index contributed by atoms with van der Waals surface area (Å²) in [4.78, 5) is 4.17. The van der Waals surface area contributed by atoms with Gasteiger partial charge in [-0.3, -0.25) is 15.5 Å². The molecule has 0 aliphatic heterocycles. The predicted molar refractivity (Wildman–Crippen MR) is 142 cm³/mol. The van der Waals surface area contributed by atoms with E-state index >= 15 is 0 Å². The molecule has 0 saturated heterocycles. The molecule has 0 bridgehead atoms. The number of aromatic amines is 1. The van der Waals surface area contributed by atoms with Crippen molar-refractivity contribution in [3.05, 3.63) is 131 Å². The van der Waals surface area contributed by atoms with Crippen molar-refractivity contribution in [3.8, 4) is 22.4 Å². The number of rotatable bonds is 7. The van der Waals surface area contributed by atoms with Crippen LogP contribution < -0.4 is 5.32 Å². The van der Waals surface area contributed by atoms with Gasteiger partial charge in [0.05, 0.1) is 0 Å². The Labute approximate surface area is 209 Å². The van der Waals surface area contributed by atoms with E-state index in [2.05, 4.69) is 32.6 Å². The average Bonchev–Trinajstić information content (AvgIpc) is 3.32. The first-order chi connectivity index (χ1) is 17.2. The highest BCUT2D eigenvalue weighted by atomic mass is 35.5. The van der Waals surface area contributed by atoms with Crippen LogP contribution in [0.5, 0.6) is 0 Å². The van der Waals surface area contributed by atoms with Crippen LogP contribution in [0.3, 0.4) is 0 Å². The molecule has 5 rings (SSSR count). The molecular weight excluding hydrogens is 454 g/mol. The highest BCUT2D eigenvalue weighted by Gasteiger charge is 2.17. The van der Waals surface area contributed by atoms with Crippen LogP contribution in [0.25, 0.3) is 22.4 Å². The number of aromatic nitrogens is 3. The predicted octanol–water partition coefficient (Wildman–Crippen LogP) is 6.50. The number of H-pyrrole nitrogens is 1. The molecule has 0 unspecified atom stereocenters. The van der Waals surface area contributed by atoms with Crippen LogP contribution in [0.4, 0.5) is 0 Å². The van der Waals surface area contributed by atoms with Crippen molar-refractivity contribution in [2.45, 2.75) is 13.0 Å². The van der Waals surface area contributed by atoms with Gasteiger partial charge >= 0.3 is 0 Å². The summed E-state index contributed by atoms with van der Waals surface area (Å²) < 4.78 is 0. The zero-order chi connectivity index (χ0) is 24.0. The van der Waals surface area contributed by atoms with E-state index in [1.54, 1.807) is 12.4 Å². The lowest BCUT2D eigenvalue weighted by molar-refractivity contribution is 0.907. The van der Waals surface area contributed by atoms with Gasteiger partial charge in [0.2, 0.25) is 0 Å². The Bertz CT molecular complexity index is 1430. The van der Waals surface area contributed by atoms with E-state index < -0.39 is 0 Å². The molecule has 35 heavy (non-hydrogen) atoms. The molecule has 0 aliphatic rings. The lowest BCUT2D eigenvalue weighted by Gasteiger charge is -2.11. The van der Waals surface area contributed by atoms with Crippen molar-refractivity contribution < 1.29 is 0 Å². The Morgan fingerprint density at radius 1 is 0.829 bits per heavy atom. The van der Waals surface area contributed by atoms with Crippen LogP contribution in [-0.4, -0.2) is 21.0 Å². The minimum atomic E-state index is 0.400. The standard InChI is InChI=1S/C29H24ClN5/c30-25-11-9-23(10-12-25)28-27(22-13-15-32-16-14-22)26(34-35-28)18-21-7-4-8-24(17-21)29(31)33-19-20-5-2-1-3-6-20/h1-17H,18-19H2,(H2,31,33)(H,34,35). The van der Waals surface area contributed by atoms with Crippen molar-refractivity contribution >= 4 is 17.4 Å². The maximum atomic E-state index is 8.52. The molecule has 0 spiro atoms. The Morgan fingerprint density at radius 3 is 2.34 bits per heavy atom. The van der Waals surface area contributed by atoms with E-state index in [1.165, 1.54) is 0 Å².